The summed E-state index contributed by atoms with van der Waals surface area (Å²) in [6.45, 7) is 1.55. The lowest BCUT2D eigenvalue weighted by molar-refractivity contribution is -0.157. The van der Waals surface area contributed by atoms with Gasteiger partial charge in [-0.3, -0.25) is 9.59 Å². The average molecular weight is 298 g/mol. The van der Waals surface area contributed by atoms with Crippen LogP contribution in [0.1, 0.15) is 31.7 Å². The Morgan fingerprint density at radius 1 is 1.32 bits per heavy atom. The second-order valence-electron chi connectivity index (χ2n) is 5.24. The van der Waals surface area contributed by atoms with Crippen molar-refractivity contribution in [3.8, 4) is 6.07 Å². The standard InChI is InChI=1S/C17H18N2O3/c1-12(22-17(21)14-5-3-2-4-6-14)16(20)19-15-9-7-13(11-18)8-10-15/h2-3,7-10,12,14H,4-6H2,1H3,(H,19,20)/t12-,14-/m1/s1. The van der Waals surface area contributed by atoms with Crippen molar-refractivity contribution in [3.05, 3.63) is 42.0 Å². The van der Waals surface area contributed by atoms with Crippen LogP contribution in [0.15, 0.2) is 36.4 Å². The van der Waals surface area contributed by atoms with Gasteiger partial charge >= 0.3 is 5.97 Å². The lowest BCUT2D eigenvalue weighted by atomic mass is 9.95. The number of carbonyl (C=O) groups is 2. The van der Waals surface area contributed by atoms with E-state index in [9.17, 15) is 9.59 Å². The van der Waals surface area contributed by atoms with Crippen LogP contribution in [0.5, 0.6) is 0 Å². The third-order valence-electron chi connectivity index (χ3n) is 3.55. The number of ether oxygens (including phenoxy) is 1. The molecule has 1 aliphatic carbocycles. The van der Waals surface area contributed by atoms with Crippen LogP contribution in [-0.4, -0.2) is 18.0 Å². The van der Waals surface area contributed by atoms with Gasteiger partial charge in [0.05, 0.1) is 17.6 Å². The predicted octanol–water partition coefficient (Wildman–Crippen LogP) is 2.78. The fourth-order valence-corrected chi connectivity index (χ4v) is 2.20. The molecule has 0 aliphatic heterocycles. The lowest BCUT2D eigenvalue weighted by Gasteiger charge is -2.19. The van der Waals surface area contributed by atoms with Crippen LogP contribution >= 0.6 is 0 Å². The summed E-state index contributed by atoms with van der Waals surface area (Å²) in [5.41, 5.74) is 1.08. The van der Waals surface area contributed by atoms with Crippen molar-refractivity contribution in [1.29, 1.82) is 5.26 Å². The Hall–Kier alpha value is -2.61. The van der Waals surface area contributed by atoms with Crippen molar-refractivity contribution in [2.45, 2.75) is 32.3 Å². The summed E-state index contributed by atoms with van der Waals surface area (Å²) in [6, 6.07) is 8.50. The van der Waals surface area contributed by atoms with Gasteiger partial charge in [-0.2, -0.15) is 5.26 Å². The Morgan fingerprint density at radius 2 is 2.05 bits per heavy atom. The van der Waals surface area contributed by atoms with E-state index >= 15 is 0 Å². The molecule has 0 heterocycles. The summed E-state index contributed by atoms with van der Waals surface area (Å²) in [5, 5.41) is 11.4. The molecule has 5 nitrogen and oxygen atoms in total. The monoisotopic (exact) mass is 298 g/mol. The number of nitrogens with zero attached hydrogens (tertiary/aromatic N) is 1. The van der Waals surface area contributed by atoms with Gasteiger partial charge in [0.15, 0.2) is 6.10 Å². The van der Waals surface area contributed by atoms with Crippen molar-refractivity contribution >= 4 is 17.6 Å². The number of hydrogen-bond donors (Lipinski definition) is 1. The van der Waals surface area contributed by atoms with Crippen LogP contribution in [0.25, 0.3) is 0 Å². The first kappa shape index (κ1) is 15.8. The Labute approximate surface area is 129 Å². The number of nitriles is 1. The fraction of sp³-hybridized carbons (Fsp3) is 0.353. The highest BCUT2D eigenvalue weighted by atomic mass is 16.5. The van der Waals surface area contributed by atoms with Gasteiger partial charge in [-0.1, -0.05) is 12.2 Å². The summed E-state index contributed by atoms with van der Waals surface area (Å²) in [5.74, 6) is -0.869. The van der Waals surface area contributed by atoms with E-state index in [0.29, 0.717) is 17.7 Å². The van der Waals surface area contributed by atoms with Crippen LogP contribution in [0.4, 0.5) is 5.69 Å². The van der Waals surface area contributed by atoms with E-state index in [-0.39, 0.29) is 17.8 Å². The SMILES string of the molecule is C[C@@H](OC(=O)[C@@H]1CC=CCC1)C(=O)Nc1ccc(C#N)cc1. The first-order chi connectivity index (χ1) is 10.6. The summed E-state index contributed by atoms with van der Waals surface area (Å²) in [4.78, 5) is 24.0. The van der Waals surface area contributed by atoms with Crippen LogP contribution in [-0.2, 0) is 14.3 Å². The first-order valence-electron chi connectivity index (χ1n) is 7.26. The highest BCUT2D eigenvalue weighted by molar-refractivity contribution is 5.95. The Kier molecular flexibility index (Phi) is 5.31. The molecule has 22 heavy (non-hydrogen) atoms. The Balaban J connectivity index is 1.87. The fourth-order valence-electron chi connectivity index (χ4n) is 2.20. The van der Waals surface area contributed by atoms with Crippen LogP contribution in [0.3, 0.4) is 0 Å². The van der Waals surface area contributed by atoms with Crippen LogP contribution in [0.2, 0.25) is 0 Å². The molecular formula is C17H18N2O3. The molecule has 0 aromatic heterocycles. The normalized spacial score (nSPS) is 18.1. The zero-order chi connectivity index (χ0) is 15.9. The number of carbonyl (C=O) groups excluding carboxylic acids is 2. The molecule has 1 aromatic carbocycles. The molecule has 2 rings (SSSR count). The van der Waals surface area contributed by atoms with Gasteiger partial charge in [0.25, 0.3) is 5.91 Å². The summed E-state index contributed by atoms with van der Waals surface area (Å²) >= 11 is 0. The highest BCUT2D eigenvalue weighted by Crippen LogP contribution is 2.20. The molecule has 1 amide bonds. The molecule has 0 bridgehead atoms. The first-order valence-corrected chi connectivity index (χ1v) is 7.26. The largest absolute Gasteiger partial charge is 0.452 e. The molecule has 1 N–H and O–H groups in total. The maximum Gasteiger partial charge on any atom is 0.310 e. The van der Waals surface area contributed by atoms with E-state index in [2.05, 4.69) is 5.32 Å². The molecule has 0 unspecified atom stereocenters. The molecule has 0 radical (unpaired) electrons. The molecule has 114 valence electrons. The number of anilines is 1. The third kappa shape index (κ3) is 4.19. The maximum absolute atomic E-state index is 12.0. The average Bonchev–Trinajstić information content (AvgIpc) is 2.56. The van der Waals surface area contributed by atoms with E-state index < -0.39 is 6.10 Å². The zero-order valence-electron chi connectivity index (χ0n) is 12.4. The molecule has 0 spiro atoms. The number of amides is 1. The maximum atomic E-state index is 12.0. The number of hydrogen-bond acceptors (Lipinski definition) is 4. The molecule has 0 fully saturated rings. The minimum atomic E-state index is -0.853. The molecular weight excluding hydrogens is 280 g/mol. The molecule has 0 saturated heterocycles. The minimum Gasteiger partial charge on any atom is -0.452 e. The van der Waals surface area contributed by atoms with Crippen molar-refractivity contribution in [2.24, 2.45) is 5.92 Å². The van der Waals surface area contributed by atoms with Gasteiger partial charge < -0.3 is 10.1 Å². The highest BCUT2D eigenvalue weighted by Gasteiger charge is 2.24. The molecule has 0 saturated carbocycles. The summed E-state index contributed by atoms with van der Waals surface area (Å²) in [6.07, 6.45) is 5.46. The quantitative estimate of drug-likeness (QED) is 0.684. The van der Waals surface area contributed by atoms with Crippen molar-refractivity contribution in [2.75, 3.05) is 5.32 Å². The topological polar surface area (TPSA) is 79.2 Å². The number of nitrogens with one attached hydrogen (secondary N) is 1. The minimum absolute atomic E-state index is 0.157. The van der Waals surface area contributed by atoms with Crippen LogP contribution in [0, 0.1) is 17.2 Å². The van der Waals surface area contributed by atoms with Gasteiger partial charge in [-0.15, -0.1) is 0 Å². The lowest BCUT2D eigenvalue weighted by Crippen LogP contribution is -2.32. The van der Waals surface area contributed by atoms with Crippen LogP contribution < -0.4 is 5.32 Å². The van der Waals surface area contributed by atoms with Crippen molar-refractivity contribution in [1.82, 2.24) is 0 Å². The Bertz CT molecular complexity index is 614. The van der Waals surface area contributed by atoms with E-state index in [4.69, 9.17) is 10.00 Å². The van der Waals surface area contributed by atoms with Gasteiger partial charge in [0.1, 0.15) is 0 Å². The van der Waals surface area contributed by atoms with Crippen molar-refractivity contribution < 1.29 is 14.3 Å². The second-order valence-corrected chi connectivity index (χ2v) is 5.24. The molecule has 2 atom stereocenters. The van der Waals surface area contributed by atoms with E-state index in [1.807, 2.05) is 18.2 Å². The van der Waals surface area contributed by atoms with E-state index in [0.717, 1.165) is 12.8 Å². The Morgan fingerprint density at radius 3 is 2.64 bits per heavy atom. The number of esters is 1. The molecule has 1 aromatic rings. The van der Waals surface area contributed by atoms with Gasteiger partial charge in [-0.25, -0.2) is 0 Å². The zero-order valence-corrected chi connectivity index (χ0v) is 12.4. The second kappa shape index (κ2) is 7.41. The number of allylic oxidation sites excluding steroid dienone is 2. The van der Waals surface area contributed by atoms with Gasteiger partial charge in [0.2, 0.25) is 0 Å². The van der Waals surface area contributed by atoms with Crippen molar-refractivity contribution in [3.63, 3.8) is 0 Å². The van der Waals surface area contributed by atoms with Gasteiger partial charge in [-0.05, 0) is 50.5 Å². The summed E-state index contributed by atoms with van der Waals surface area (Å²) < 4.78 is 5.23. The van der Waals surface area contributed by atoms with E-state index in [1.165, 1.54) is 0 Å². The smallest absolute Gasteiger partial charge is 0.310 e. The van der Waals surface area contributed by atoms with E-state index in [1.54, 1.807) is 31.2 Å². The summed E-state index contributed by atoms with van der Waals surface area (Å²) in [7, 11) is 0. The number of rotatable bonds is 4. The number of benzene rings is 1. The van der Waals surface area contributed by atoms with Gasteiger partial charge in [0, 0.05) is 5.69 Å². The molecule has 1 aliphatic rings. The predicted molar refractivity (Wildman–Crippen MR) is 81.8 cm³/mol. The third-order valence-corrected chi connectivity index (χ3v) is 3.55. The molecule has 5 heteroatoms.